The number of rotatable bonds is 3. The summed E-state index contributed by atoms with van der Waals surface area (Å²) in [5.41, 5.74) is 0.386. The number of amides is 1. The quantitative estimate of drug-likeness (QED) is 0.920. The summed E-state index contributed by atoms with van der Waals surface area (Å²) in [6.07, 6.45) is -3.43. The number of nitrogens with one attached hydrogen (secondary N) is 1. The first-order valence-corrected chi connectivity index (χ1v) is 5.50. The van der Waals surface area contributed by atoms with E-state index in [2.05, 4.69) is 20.6 Å². The molecule has 0 saturated carbocycles. The molecule has 0 aliphatic heterocycles. The molecule has 96 valence electrons. The van der Waals surface area contributed by atoms with E-state index in [1.165, 1.54) is 5.51 Å². The highest BCUT2D eigenvalue weighted by molar-refractivity contribution is 7.13. The first kappa shape index (κ1) is 12.5. The van der Waals surface area contributed by atoms with Crippen LogP contribution in [0.15, 0.2) is 17.8 Å². The molecule has 10 heteroatoms. The van der Waals surface area contributed by atoms with Crippen molar-refractivity contribution in [2.24, 2.45) is 0 Å². The average molecular weight is 277 g/mol. The summed E-state index contributed by atoms with van der Waals surface area (Å²) >= 11 is 1.11. The SMILES string of the molecule is O=C(Cn1ccc(C(F)(F)F)n1)Nc1nncs1. The van der Waals surface area contributed by atoms with Crippen molar-refractivity contribution >= 4 is 22.4 Å². The third-order valence-corrected chi connectivity index (χ3v) is 2.45. The molecule has 0 radical (unpaired) electrons. The number of carbonyl (C=O) groups is 1. The molecule has 18 heavy (non-hydrogen) atoms. The Bertz CT molecular complexity index is 535. The lowest BCUT2D eigenvalue weighted by atomic mass is 10.4. The molecule has 2 aromatic rings. The molecule has 0 aliphatic rings. The van der Waals surface area contributed by atoms with Gasteiger partial charge in [-0.3, -0.25) is 14.8 Å². The maximum absolute atomic E-state index is 12.3. The van der Waals surface area contributed by atoms with Crippen LogP contribution in [0.5, 0.6) is 0 Å². The van der Waals surface area contributed by atoms with Crippen molar-refractivity contribution in [1.82, 2.24) is 20.0 Å². The van der Waals surface area contributed by atoms with Crippen molar-refractivity contribution in [2.45, 2.75) is 12.7 Å². The molecular weight excluding hydrogens is 271 g/mol. The second kappa shape index (κ2) is 4.72. The Morgan fingerprint density at radius 3 is 2.83 bits per heavy atom. The van der Waals surface area contributed by atoms with E-state index in [0.29, 0.717) is 0 Å². The zero-order valence-corrected chi connectivity index (χ0v) is 9.49. The van der Waals surface area contributed by atoms with E-state index in [1.807, 2.05) is 0 Å². The van der Waals surface area contributed by atoms with Gasteiger partial charge in [0.05, 0.1) is 0 Å². The van der Waals surface area contributed by atoms with E-state index in [1.54, 1.807) is 0 Å². The number of anilines is 1. The second-order valence-corrected chi connectivity index (χ2v) is 4.02. The Morgan fingerprint density at radius 2 is 2.28 bits per heavy atom. The van der Waals surface area contributed by atoms with Gasteiger partial charge in [0, 0.05) is 6.20 Å². The monoisotopic (exact) mass is 277 g/mol. The molecule has 0 unspecified atom stereocenters. The first-order chi connectivity index (χ1) is 8.45. The third kappa shape index (κ3) is 3.03. The van der Waals surface area contributed by atoms with Gasteiger partial charge in [0.1, 0.15) is 12.1 Å². The van der Waals surface area contributed by atoms with Crippen molar-refractivity contribution in [2.75, 3.05) is 5.32 Å². The summed E-state index contributed by atoms with van der Waals surface area (Å²) in [7, 11) is 0. The Kier molecular flexibility index (Phi) is 3.28. The van der Waals surface area contributed by atoms with Gasteiger partial charge in [-0.1, -0.05) is 11.3 Å². The molecule has 6 nitrogen and oxygen atoms in total. The van der Waals surface area contributed by atoms with Crippen LogP contribution >= 0.6 is 11.3 Å². The topological polar surface area (TPSA) is 72.7 Å². The minimum absolute atomic E-state index is 0.281. The summed E-state index contributed by atoms with van der Waals surface area (Å²) < 4.78 is 37.7. The molecular formula is C8H6F3N5OS. The third-order valence-electron chi connectivity index (χ3n) is 1.84. The predicted octanol–water partition coefficient (Wildman–Crippen LogP) is 1.39. The minimum Gasteiger partial charge on any atom is -0.299 e. The molecule has 0 spiro atoms. The molecule has 0 atom stereocenters. The lowest BCUT2D eigenvalue weighted by Crippen LogP contribution is -2.19. The molecule has 0 bridgehead atoms. The highest BCUT2D eigenvalue weighted by Crippen LogP contribution is 2.27. The van der Waals surface area contributed by atoms with Gasteiger partial charge < -0.3 is 0 Å². The van der Waals surface area contributed by atoms with E-state index in [-0.39, 0.29) is 11.7 Å². The highest BCUT2D eigenvalue weighted by Gasteiger charge is 2.33. The highest BCUT2D eigenvalue weighted by atomic mass is 32.1. The van der Waals surface area contributed by atoms with Crippen molar-refractivity contribution in [1.29, 1.82) is 0 Å². The Balaban J connectivity index is 1.97. The summed E-state index contributed by atoms with van der Waals surface area (Å²) in [4.78, 5) is 11.4. The normalized spacial score (nSPS) is 11.5. The number of halogens is 3. The fraction of sp³-hybridized carbons (Fsp3) is 0.250. The van der Waals surface area contributed by atoms with Crippen LogP contribution in [-0.4, -0.2) is 25.9 Å². The predicted molar refractivity (Wildman–Crippen MR) is 55.8 cm³/mol. The summed E-state index contributed by atoms with van der Waals surface area (Å²) in [6, 6.07) is 0.804. The molecule has 0 aliphatic carbocycles. The molecule has 2 rings (SSSR count). The largest absolute Gasteiger partial charge is 0.435 e. The molecule has 0 fully saturated rings. The lowest BCUT2D eigenvalue weighted by Gasteiger charge is -2.02. The van der Waals surface area contributed by atoms with E-state index >= 15 is 0 Å². The number of alkyl halides is 3. The summed E-state index contributed by atoms with van der Waals surface area (Å²) in [5, 5.41) is 13.0. The smallest absolute Gasteiger partial charge is 0.299 e. The van der Waals surface area contributed by atoms with E-state index in [0.717, 1.165) is 28.3 Å². The standard InChI is InChI=1S/C8H6F3N5OS/c9-8(10,11)5-1-2-16(15-5)3-6(17)13-7-14-12-4-18-7/h1-2,4H,3H2,(H,13,14,17). The van der Waals surface area contributed by atoms with Crippen LogP contribution in [0.25, 0.3) is 0 Å². The van der Waals surface area contributed by atoms with Gasteiger partial charge in [0.15, 0.2) is 5.69 Å². The van der Waals surface area contributed by atoms with Crippen LogP contribution in [0.1, 0.15) is 5.69 Å². The average Bonchev–Trinajstić information content (AvgIpc) is 2.87. The van der Waals surface area contributed by atoms with E-state index < -0.39 is 17.8 Å². The van der Waals surface area contributed by atoms with Gasteiger partial charge >= 0.3 is 6.18 Å². The molecule has 0 saturated heterocycles. The number of aromatic nitrogens is 4. The Hall–Kier alpha value is -1.97. The maximum Gasteiger partial charge on any atom is 0.435 e. The van der Waals surface area contributed by atoms with Gasteiger partial charge in [-0.05, 0) is 6.07 Å². The van der Waals surface area contributed by atoms with Crippen LogP contribution in [0.4, 0.5) is 18.3 Å². The van der Waals surface area contributed by atoms with Gasteiger partial charge in [-0.2, -0.15) is 18.3 Å². The fourth-order valence-corrected chi connectivity index (χ4v) is 1.60. The summed E-state index contributed by atoms with van der Waals surface area (Å²) in [6.45, 7) is -0.324. The first-order valence-electron chi connectivity index (χ1n) is 4.62. The molecule has 2 aromatic heterocycles. The van der Waals surface area contributed by atoms with Gasteiger partial charge in [-0.15, -0.1) is 10.2 Å². The number of hydrogen-bond donors (Lipinski definition) is 1. The second-order valence-electron chi connectivity index (χ2n) is 3.19. The Morgan fingerprint density at radius 1 is 1.50 bits per heavy atom. The van der Waals surface area contributed by atoms with E-state index in [9.17, 15) is 18.0 Å². The molecule has 1 N–H and O–H groups in total. The van der Waals surface area contributed by atoms with Crippen LogP contribution in [0.2, 0.25) is 0 Å². The van der Waals surface area contributed by atoms with Crippen molar-refractivity contribution in [3.63, 3.8) is 0 Å². The summed E-state index contributed by atoms with van der Waals surface area (Å²) in [5.74, 6) is -0.524. The van der Waals surface area contributed by atoms with Gasteiger partial charge in [0.25, 0.3) is 0 Å². The number of nitrogens with zero attached hydrogens (tertiary/aromatic N) is 4. The van der Waals surface area contributed by atoms with Crippen LogP contribution < -0.4 is 5.32 Å². The number of hydrogen-bond acceptors (Lipinski definition) is 5. The van der Waals surface area contributed by atoms with E-state index in [4.69, 9.17) is 0 Å². The molecule has 1 amide bonds. The molecule has 0 aromatic carbocycles. The van der Waals surface area contributed by atoms with Crippen molar-refractivity contribution < 1.29 is 18.0 Å². The fourth-order valence-electron chi connectivity index (χ4n) is 1.13. The van der Waals surface area contributed by atoms with Crippen LogP contribution in [0.3, 0.4) is 0 Å². The maximum atomic E-state index is 12.3. The van der Waals surface area contributed by atoms with Gasteiger partial charge in [0.2, 0.25) is 11.0 Å². The zero-order valence-electron chi connectivity index (χ0n) is 8.68. The number of carbonyl (C=O) groups excluding carboxylic acids is 1. The molecule has 2 heterocycles. The van der Waals surface area contributed by atoms with Crippen LogP contribution in [-0.2, 0) is 17.5 Å². The van der Waals surface area contributed by atoms with Crippen molar-refractivity contribution in [3.8, 4) is 0 Å². The van der Waals surface area contributed by atoms with Crippen LogP contribution in [0, 0.1) is 0 Å². The van der Waals surface area contributed by atoms with Gasteiger partial charge in [-0.25, -0.2) is 0 Å². The van der Waals surface area contributed by atoms with Crippen molar-refractivity contribution in [3.05, 3.63) is 23.5 Å². The zero-order chi connectivity index (χ0) is 13.2. The Labute approximate surface area is 102 Å². The minimum atomic E-state index is -4.51. The lowest BCUT2D eigenvalue weighted by molar-refractivity contribution is -0.141.